The second-order valence-corrected chi connectivity index (χ2v) is 8.68. The van der Waals surface area contributed by atoms with Crippen LogP contribution >= 0.6 is 11.6 Å². The molecule has 3 aliphatic rings. The molecule has 2 unspecified atom stereocenters. The van der Waals surface area contributed by atoms with Gasteiger partial charge in [-0.1, -0.05) is 23.7 Å². The average Bonchev–Trinajstić information content (AvgIpc) is 3.43. The second-order valence-electron chi connectivity index (χ2n) is 8.24. The van der Waals surface area contributed by atoms with E-state index in [-0.39, 0.29) is 17.8 Å². The number of hydrazine groups is 1. The van der Waals surface area contributed by atoms with Crippen molar-refractivity contribution in [2.24, 2.45) is 5.92 Å². The lowest BCUT2D eigenvalue weighted by molar-refractivity contribution is -0.130. The molecule has 2 aliphatic heterocycles. The number of fused-ring (bicyclic) bond motifs is 1. The number of hydrogen-bond acceptors (Lipinski definition) is 7. The van der Waals surface area contributed by atoms with Gasteiger partial charge in [0.05, 0.1) is 18.6 Å². The molecule has 1 saturated carbocycles. The zero-order valence-electron chi connectivity index (χ0n) is 18.2. The summed E-state index contributed by atoms with van der Waals surface area (Å²) < 4.78 is 1.60. The molecular weight excluding hydrogens is 430 g/mol. The van der Waals surface area contributed by atoms with Crippen molar-refractivity contribution < 1.29 is 9.59 Å². The highest BCUT2D eigenvalue weighted by Crippen LogP contribution is 2.37. The number of nitrogens with zero attached hydrogens (tertiary/aromatic N) is 5. The molecule has 1 aromatic heterocycles. The zero-order chi connectivity index (χ0) is 22.7. The van der Waals surface area contributed by atoms with Gasteiger partial charge in [-0.3, -0.25) is 19.5 Å². The minimum absolute atomic E-state index is 0.0623. The van der Waals surface area contributed by atoms with Crippen molar-refractivity contribution in [3.63, 3.8) is 0 Å². The minimum atomic E-state index is -0.0623. The lowest BCUT2D eigenvalue weighted by Gasteiger charge is -2.25. The summed E-state index contributed by atoms with van der Waals surface area (Å²) in [4.78, 5) is 28.1. The number of aromatic nitrogens is 3. The quantitative estimate of drug-likeness (QED) is 0.659. The van der Waals surface area contributed by atoms with Gasteiger partial charge in [0.15, 0.2) is 6.29 Å². The molecule has 2 atom stereocenters. The Morgan fingerprint density at radius 1 is 1.25 bits per heavy atom. The molecule has 1 aromatic carbocycles. The predicted octanol–water partition coefficient (Wildman–Crippen LogP) is 1.67. The lowest BCUT2D eigenvalue weighted by atomic mass is 10.2. The molecule has 9 nitrogen and oxygen atoms in total. The van der Waals surface area contributed by atoms with Crippen molar-refractivity contribution in [3.05, 3.63) is 58.9 Å². The van der Waals surface area contributed by atoms with E-state index in [4.69, 9.17) is 11.6 Å². The fraction of sp³-hybridized carbons (Fsp3) is 0.455. The monoisotopic (exact) mass is 457 g/mol. The first-order valence-corrected chi connectivity index (χ1v) is 11.2. The van der Waals surface area contributed by atoms with Gasteiger partial charge in [0.2, 0.25) is 11.7 Å². The smallest absolute Gasteiger partial charge is 0.245 e. The third-order valence-electron chi connectivity index (χ3n) is 5.92. The fourth-order valence-electron chi connectivity index (χ4n) is 3.91. The van der Waals surface area contributed by atoms with E-state index in [9.17, 15) is 9.59 Å². The third-order valence-corrected chi connectivity index (χ3v) is 6.17. The SMILES string of the molecule is CNC1CCN2NC(C3CC3)C=C2N(C)C1=O.O=Cc1ncn(Cc2ccc(Cl)cc2)n1. The highest BCUT2D eigenvalue weighted by atomic mass is 35.5. The van der Waals surface area contributed by atoms with Gasteiger partial charge in [0.25, 0.3) is 0 Å². The first-order chi connectivity index (χ1) is 15.5. The van der Waals surface area contributed by atoms with Gasteiger partial charge < -0.3 is 5.32 Å². The number of carbonyl (C=O) groups excluding carboxylic acids is 2. The van der Waals surface area contributed by atoms with Crippen LogP contribution < -0.4 is 10.7 Å². The Morgan fingerprint density at radius 2 is 2.00 bits per heavy atom. The number of benzene rings is 1. The molecule has 0 bridgehead atoms. The van der Waals surface area contributed by atoms with E-state index in [1.54, 1.807) is 9.58 Å². The molecule has 2 fully saturated rings. The molecule has 1 saturated heterocycles. The van der Waals surface area contributed by atoms with Crippen LogP contribution in [0.25, 0.3) is 0 Å². The van der Waals surface area contributed by atoms with Gasteiger partial charge in [-0.15, -0.1) is 5.10 Å². The maximum atomic E-state index is 12.2. The van der Waals surface area contributed by atoms with Gasteiger partial charge in [0, 0.05) is 18.6 Å². The van der Waals surface area contributed by atoms with Gasteiger partial charge in [-0.25, -0.2) is 15.1 Å². The number of carbonyl (C=O) groups is 2. The van der Waals surface area contributed by atoms with Gasteiger partial charge in [0.1, 0.15) is 12.1 Å². The van der Waals surface area contributed by atoms with E-state index in [0.717, 1.165) is 30.3 Å². The van der Waals surface area contributed by atoms with E-state index < -0.39 is 0 Å². The maximum absolute atomic E-state index is 12.2. The molecule has 2 N–H and O–H groups in total. The summed E-state index contributed by atoms with van der Waals surface area (Å²) in [7, 11) is 3.72. The van der Waals surface area contributed by atoms with Crippen LogP contribution in [0, 0.1) is 5.92 Å². The van der Waals surface area contributed by atoms with Crippen LogP contribution in [0.2, 0.25) is 5.02 Å². The summed E-state index contributed by atoms with van der Waals surface area (Å²) in [5.74, 6) is 2.17. The van der Waals surface area contributed by atoms with Crippen LogP contribution in [0.1, 0.15) is 35.4 Å². The van der Waals surface area contributed by atoms with Crippen LogP contribution in [0.3, 0.4) is 0 Å². The Bertz CT molecular complexity index is 986. The van der Waals surface area contributed by atoms with E-state index in [2.05, 4.69) is 31.9 Å². The van der Waals surface area contributed by atoms with Gasteiger partial charge in [-0.2, -0.15) is 0 Å². The Hall–Kier alpha value is -2.75. The summed E-state index contributed by atoms with van der Waals surface area (Å²) in [6.07, 6.45) is 7.84. The van der Waals surface area contributed by atoms with Crippen LogP contribution in [-0.4, -0.2) is 69.6 Å². The normalized spacial score (nSPS) is 22.6. The number of halogens is 1. The lowest BCUT2D eigenvalue weighted by Crippen LogP contribution is -2.42. The Labute approximate surface area is 192 Å². The molecule has 3 heterocycles. The van der Waals surface area contributed by atoms with Crippen molar-refractivity contribution in [1.82, 2.24) is 35.4 Å². The fourth-order valence-corrected chi connectivity index (χ4v) is 4.04. The summed E-state index contributed by atoms with van der Waals surface area (Å²) in [6, 6.07) is 7.82. The first-order valence-electron chi connectivity index (χ1n) is 10.8. The van der Waals surface area contributed by atoms with Crippen molar-refractivity contribution >= 4 is 23.8 Å². The second kappa shape index (κ2) is 9.81. The van der Waals surface area contributed by atoms with Crippen LogP contribution in [-0.2, 0) is 11.3 Å². The van der Waals surface area contributed by atoms with Crippen LogP contribution in [0.15, 0.2) is 42.5 Å². The Morgan fingerprint density at radius 3 is 2.62 bits per heavy atom. The predicted molar refractivity (Wildman–Crippen MR) is 121 cm³/mol. The van der Waals surface area contributed by atoms with E-state index in [1.165, 1.54) is 19.2 Å². The number of aldehydes is 1. The average molecular weight is 458 g/mol. The topological polar surface area (TPSA) is 95.4 Å². The van der Waals surface area contributed by atoms with Crippen LogP contribution in [0.5, 0.6) is 0 Å². The van der Waals surface area contributed by atoms with Gasteiger partial charge in [-0.05, 0) is 56.0 Å². The highest BCUT2D eigenvalue weighted by molar-refractivity contribution is 6.30. The molecule has 0 spiro atoms. The Balaban J connectivity index is 0.000000155. The molecule has 32 heavy (non-hydrogen) atoms. The number of nitrogens with one attached hydrogen (secondary N) is 2. The molecule has 5 rings (SSSR count). The van der Waals surface area contributed by atoms with E-state index in [0.29, 0.717) is 23.9 Å². The molecular formula is C22H28ClN7O2. The first kappa shape index (κ1) is 22.4. The number of likely N-dealkylation sites (N-methyl/N-ethyl adjacent to an activating group) is 2. The molecule has 1 amide bonds. The number of hydrogen-bond donors (Lipinski definition) is 2. The molecule has 170 valence electrons. The molecule has 10 heteroatoms. The van der Waals surface area contributed by atoms with E-state index in [1.807, 2.05) is 38.4 Å². The zero-order valence-corrected chi connectivity index (χ0v) is 19.0. The molecule has 1 aliphatic carbocycles. The summed E-state index contributed by atoms with van der Waals surface area (Å²) in [5, 5.41) is 9.87. The summed E-state index contributed by atoms with van der Waals surface area (Å²) in [6.45, 7) is 1.47. The summed E-state index contributed by atoms with van der Waals surface area (Å²) in [5.41, 5.74) is 4.57. The largest absolute Gasteiger partial charge is 0.309 e. The van der Waals surface area contributed by atoms with Crippen molar-refractivity contribution in [2.75, 3.05) is 20.6 Å². The summed E-state index contributed by atoms with van der Waals surface area (Å²) >= 11 is 5.76. The number of rotatable bonds is 5. The van der Waals surface area contributed by atoms with Crippen molar-refractivity contribution in [1.29, 1.82) is 0 Å². The minimum Gasteiger partial charge on any atom is -0.309 e. The molecule has 0 radical (unpaired) electrons. The Kier molecular flexibility index (Phi) is 6.88. The standard InChI is InChI=1S/C12H20N4O.C10H8ClN3O/c1-13-9-5-6-16-11(15(2)12(9)17)7-10(14-16)8-3-4-8;11-9-3-1-8(2-4-9)5-14-7-12-10(6-15)13-14/h7-10,13-14H,3-6H2,1-2H3;1-4,6-7H,5H2. The van der Waals surface area contributed by atoms with Crippen LogP contribution in [0.4, 0.5) is 0 Å². The van der Waals surface area contributed by atoms with Crippen molar-refractivity contribution in [3.8, 4) is 0 Å². The highest BCUT2D eigenvalue weighted by Gasteiger charge is 2.39. The van der Waals surface area contributed by atoms with E-state index >= 15 is 0 Å². The maximum Gasteiger partial charge on any atom is 0.245 e. The molecule has 2 aromatic rings. The third kappa shape index (κ3) is 5.17. The van der Waals surface area contributed by atoms with Gasteiger partial charge >= 0.3 is 0 Å². The number of amides is 1. The van der Waals surface area contributed by atoms with Crippen molar-refractivity contribution in [2.45, 2.75) is 37.9 Å².